The molecule has 6 nitrogen and oxygen atoms in total. The van der Waals surface area contributed by atoms with Crippen molar-refractivity contribution >= 4 is 18.3 Å². The summed E-state index contributed by atoms with van der Waals surface area (Å²) in [5.74, 6) is -0.687. The summed E-state index contributed by atoms with van der Waals surface area (Å²) in [7, 11) is 0. The number of aldehydes is 1. The number of ether oxygens (including phenoxy) is 2. The number of esters is 1. The molecular weight excluding hydrogens is 322 g/mol. The molecule has 2 aromatic carbocycles. The Bertz CT molecular complexity index is 687. The first kappa shape index (κ1) is 18.2. The Morgan fingerprint density at radius 2 is 1.40 bits per heavy atom. The zero-order valence-corrected chi connectivity index (χ0v) is 13.6. The van der Waals surface area contributed by atoms with Gasteiger partial charge in [0, 0.05) is 6.42 Å². The quantitative estimate of drug-likeness (QED) is 0.589. The monoisotopic (exact) mass is 341 g/mol. The summed E-state index contributed by atoms with van der Waals surface area (Å²) in [6.45, 7) is 0.134. The number of nitrogens with one attached hydrogen (secondary N) is 1. The van der Waals surface area contributed by atoms with Crippen molar-refractivity contribution in [1.82, 2.24) is 5.32 Å². The van der Waals surface area contributed by atoms with Crippen LogP contribution in [-0.2, 0) is 32.3 Å². The van der Waals surface area contributed by atoms with Gasteiger partial charge in [-0.2, -0.15) is 0 Å². The van der Waals surface area contributed by atoms with E-state index in [1.165, 1.54) is 0 Å². The number of amides is 1. The molecule has 2 aromatic rings. The van der Waals surface area contributed by atoms with Gasteiger partial charge in [-0.25, -0.2) is 9.59 Å². The molecule has 1 amide bonds. The lowest BCUT2D eigenvalue weighted by Crippen LogP contribution is -2.42. The van der Waals surface area contributed by atoms with Crippen LogP contribution < -0.4 is 5.32 Å². The van der Waals surface area contributed by atoms with E-state index >= 15 is 0 Å². The van der Waals surface area contributed by atoms with E-state index in [1.807, 2.05) is 60.7 Å². The van der Waals surface area contributed by atoms with Crippen molar-refractivity contribution in [2.45, 2.75) is 25.7 Å². The molecule has 0 aliphatic carbocycles. The molecule has 25 heavy (non-hydrogen) atoms. The highest BCUT2D eigenvalue weighted by molar-refractivity contribution is 5.83. The van der Waals surface area contributed by atoms with Crippen molar-refractivity contribution in [1.29, 1.82) is 0 Å². The highest BCUT2D eigenvalue weighted by Gasteiger charge is 2.22. The topological polar surface area (TPSA) is 81.7 Å². The van der Waals surface area contributed by atoms with Crippen LogP contribution in [-0.4, -0.2) is 24.4 Å². The van der Waals surface area contributed by atoms with Crippen LogP contribution in [0.5, 0.6) is 0 Å². The third-order valence-corrected chi connectivity index (χ3v) is 3.35. The number of alkyl carbamates (subject to hydrolysis) is 1. The average Bonchev–Trinajstić information content (AvgIpc) is 2.66. The van der Waals surface area contributed by atoms with Crippen molar-refractivity contribution in [3.63, 3.8) is 0 Å². The van der Waals surface area contributed by atoms with Gasteiger partial charge in [0.15, 0.2) is 0 Å². The fourth-order valence-electron chi connectivity index (χ4n) is 2.05. The fourth-order valence-corrected chi connectivity index (χ4v) is 2.05. The summed E-state index contributed by atoms with van der Waals surface area (Å²) in [5.41, 5.74) is 1.63. The number of benzene rings is 2. The second-order valence-electron chi connectivity index (χ2n) is 5.25. The zero-order valence-electron chi connectivity index (χ0n) is 13.6. The van der Waals surface area contributed by atoms with Gasteiger partial charge in [0.2, 0.25) is 0 Å². The van der Waals surface area contributed by atoms with Crippen molar-refractivity contribution in [2.75, 3.05) is 0 Å². The van der Waals surface area contributed by atoms with Gasteiger partial charge < -0.3 is 19.6 Å². The molecule has 0 fully saturated rings. The predicted octanol–water partition coefficient (Wildman–Crippen LogP) is 2.61. The Balaban J connectivity index is 1.82. The lowest BCUT2D eigenvalue weighted by Gasteiger charge is -2.15. The van der Waals surface area contributed by atoms with Crippen LogP contribution >= 0.6 is 0 Å². The molecule has 0 aliphatic rings. The number of hydrogen-bond acceptors (Lipinski definition) is 5. The first-order valence-electron chi connectivity index (χ1n) is 7.80. The van der Waals surface area contributed by atoms with Gasteiger partial charge in [0.05, 0.1) is 0 Å². The van der Waals surface area contributed by atoms with Crippen LogP contribution in [0.15, 0.2) is 60.7 Å². The second-order valence-corrected chi connectivity index (χ2v) is 5.25. The van der Waals surface area contributed by atoms with E-state index in [-0.39, 0.29) is 19.6 Å². The van der Waals surface area contributed by atoms with E-state index in [4.69, 9.17) is 9.47 Å². The predicted molar refractivity (Wildman–Crippen MR) is 90.5 cm³/mol. The van der Waals surface area contributed by atoms with Crippen LogP contribution in [0.4, 0.5) is 4.79 Å². The maximum Gasteiger partial charge on any atom is 0.408 e. The highest BCUT2D eigenvalue weighted by Crippen LogP contribution is 2.04. The van der Waals surface area contributed by atoms with Gasteiger partial charge in [0.1, 0.15) is 25.5 Å². The Morgan fingerprint density at radius 3 is 1.92 bits per heavy atom. The lowest BCUT2D eigenvalue weighted by atomic mass is 10.2. The van der Waals surface area contributed by atoms with Gasteiger partial charge >= 0.3 is 12.1 Å². The minimum Gasteiger partial charge on any atom is -0.459 e. The molecular formula is C19H19NO5. The lowest BCUT2D eigenvalue weighted by molar-refractivity contribution is -0.148. The first-order chi connectivity index (χ1) is 12.2. The minimum atomic E-state index is -1.08. The molecule has 0 aliphatic heterocycles. The van der Waals surface area contributed by atoms with E-state index in [0.717, 1.165) is 11.1 Å². The smallest absolute Gasteiger partial charge is 0.408 e. The standard InChI is InChI=1S/C19H19NO5/c21-12-11-17(18(22)24-13-15-7-3-1-4-8-15)20-19(23)25-14-16-9-5-2-6-10-16/h1-10,12,17H,11,13-14H2,(H,20,23)/t17-/m1/s1. The normalized spacial score (nSPS) is 11.2. The van der Waals surface area contributed by atoms with Crippen LogP contribution in [0.25, 0.3) is 0 Å². The summed E-state index contributed by atoms with van der Waals surface area (Å²) in [6, 6.07) is 17.2. The maximum atomic E-state index is 12.1. The number of carbonyl (C=O) groups excluding carboxylic acids is 3. The van der Waals surface area contributed by atoms with E-state index in [1.54, 1.807) is 0 Å². The molecule has 0 bridgehead atoms. The van der Waals surface area contributed by atoms with E-state index in [0.29, 0.717) is 6.29 Å². The fraction of sp³-hybridized carbons (Fsp3) is 0.211. The minimum absolute atomic E-state index is 0.0653. The molecule has 0 spiro atoms. The van der Waals surface area contributed by atoms with Crippen LogP contribution in [0.1, 0.15) is 17.5 Å². The summed E-state index contributed by atoms with van der Waals surface area (Å²) >= 11 is 0. The SMILES string of the molecule is O=CC[C@@H](NC(=O)OCc1ccccc1)C(=O)OCc1ccccc1. The van der Waals surface area contributed by atoms with E-state index in [2.05, 4.69) is 5.32 Å². The van der Waals surface area contributed by atoms with Gasteiger partial charge in [-0.05, 0) is 11.1 Å². The van der Waals surface area contributed by atoms with Gasteiger partial charge in [0.25, 0.3) is 0 Å². The van der Waals surface area contributed by atoms with Gasteiger partial charge in [-0.1, -0.05) is 60.7 Å². The van der Waals surface area contributed by atoms with Crippen molar-refractivity contribution in [2.24, 2.45) is 0 Å². The molecule has 0 aromatic heterocycles. The number of rotatable bonds is 8. The largest absolute Gasteiger partial charge is 0.459 e. The second kappa shape index (κ2) is 9.87. The summed E-state index contributed by atoms with van der Waals surface area (Å²) < 4.78 is 10.2. The Hall–Kier alpha value is -3.15. The molecule has 1 N–H and O–H groups in total. The molecule has 6 heteroatoms. The van der Waals surface area contributed by atoms with E-state index in [9.17, 15) is 14.4 Å². The number of hydrogen-bond donors (Lipinski definition) is 1. The van der Waals surface area contributed by atoms with Crippen LogP contribution in [0.3, 0.4) is 0 Å². The first-order valence-corrected chi connectivity index (χ1v) is 7.80. The molecule has 2 rings (SSSR count). The molecule has 0 saturated heterocycles. The molecule has 0 heterocycles. The number of carbonyl (C=O) groups is 3. The van der Waals surface area contributed by atoms with Crippen molar-refractivity contribution in [3.05, 3.63) is 71.8 Å². The maximum absolute atomic E-state index is 12.1. The summed E-state index contributed by atoms with van der Waals surface area (Å²) in [6.07, 6.45) is -0.424. The van der Waals surface area contributed by atoms with Gasteiger partial charge in [-0.3, -0.25) is 0 Å². The Kier molecular flexibility index (Phi) is 7.18. The average molecular weight is 341 g/mol. The van der Waals surface area contributed by atoms with Crippen molar-refractivity contribution in [3.8, 4) is 0 Å². The molecule has 0 unspecified atom stereocenters. The van der Waals surface area contributed by atoms with Crippen LogP contribution in [0.2, 0.25) is 0 Å². The summed E-state index contributed by atoms with van der Waals surface area (Å²) in [5, 5.41) is 2.36. The molecule has 0 radical (unpaired) electrons. The molecule has 0 saturated carbocycles. The van der Waals surface area contributed by atoms with Crippen LogP contribution in [0, 0.1) is 0 Å². The molecule has 130 valence electrons. The third-order valence-electron chi connectivity index (χ3n) is 3.35. The van der Waals surface area contributed by atoms with E-state index < -0.39 is 18.1 Å². The van der Waals surface area contributed by atoms with Gasteiger partial charge in [-0.15, -0.1) is 0 Å². The van der Waals surface area contributed by atoms with Crippen molar-refractivity contribution < 1.29 is 23.9 Å². The Labute approximate surface area is 145 Å². The third kappa shape index (κ3) is 6.47. The molecule has 1 atom stereocenters. The highest BCUT2D eigenvalue weighted by atomic mass is 16.6. The summed E-state index contributed by atoms with van der Waals surface area (Å²) in [4.78, 5) is 34.6. The Morgan fingerprint density at radius 1 is 0.880 bits per heavy atom. The zero-order chi connectivity index (χ0) is 17.9.